The van der Waals surface area contributed by atoms with Crippen LogP contribution in [0.2, 0.25) is 0 Å². The molecule has 0 amide bonds. The fourth-order valence-corrected chi connectivity index (χ4v) is 6.59. The minimum atomic E-state index is 0.209. The normalized spacial score (nSPS) is 11.3. The molecule has 1 nitrogen and oxygen atoms in total. The molecule has 186 valence electrons. The van der Waals surface area contributed by atoms with Gasteiger partial charge in [0.1, 0.15) is 0 Å². The molecule has 0 spiro atoms. The van der Waals surface area contributed by atoms with Crippen LogP contribution in [0.25, 0.3) is 31.3 Å². The first-order valence-corrected chi connectivity index (χ1v) is 14.1. The average Bonchev–Trinajstić information content (AvgIpc) is 3.37. The van der Waals surface area contributed by atoms with Gasteiger partial charge >= 0.3 is 0 Å². The standard InChI is InChI=1S/C37H27NS/c1-4-10-27(11-5-1)37(28-12-6-2-7-13-28)30-18-22-33-34-24-29(19-23-35(34)39-36(33)25-30)26-16-20-32(21-17-26)38-31-14-8-3-9-15-31/h1-25,37-38H. The highest BCUT2D eigenvalue weighted by molar-refractivity contribution is 7.25. The van der Waals surface area contributed by atoms with E-state index in [4.69, 9.17) is 0 Å². The Morgan fingerprint density at radius 3 is 1.67 bits per heavy atom. The van der Waals surface area contributed by atoms with E-state index < -0.39 is 0 Å². The molecule has 0 fully saturated rings. The van der Waals surface area contributed by atoms with Crippen molar-refractivity contribution in [3.8, 4) is 11.1 Å². The van der Waals surface area contributed by atoms with E-state index in [1.165, 1.54) is 48.0 Å². The average molecular weight is 518 g/mol. The summed E-state index contributed by atoms with van der Waals surface area (Å²) in [6.45, 7) is 0. The molecule has 7 aromatic rings. The Kier molecular flexibility index (Phi) is 6.16. The number of anilines is 2. The highest BCUT2D eigenvalue weighted by atomic mass is 32.1. The van der Waals surface area contributed by atoms with E-state index in [1.54, 1.807) is 0 Å². The second-order valence-electron chi connectivity index (χ2n) is 9.89. The fourth-order valence-electron chi connectivity index (χ4n) is 5.46. The maximum absolute atomic E-state index is 3.47. The number of hydrogen-bond donors (Lipinski definition) is 1. The van der Waals surface area contributed by atoms with E-state index in [2.05, 4.69) is 139 Å². The molecule has 0 aliphatic carbocycles. The summed E-state index contributed by atoms with van der Waals surface area (Å²) >= 11 is 1.88. The molecule has 0 radical (unpaired) electrons. The highest BCUT2D eigenvalue weighted by Gasteiger charge is 2.18. The summed E-state index contributed by atoms with van der Waals surface area (Å²) in [5.74, 6) is 0.209. The van der Waals surface area contributed by atoms with E-state index in [1.807, 2.05) is 29.5 Å². The molecule has 1 aromatic heterocycles. The maximum Gasteiger partial charge on any atom is 0.0384 e. The van der Waals surface area contributed by atoms with Gasteiger partial charge in [0.2, 0.25) is 0 Å². The monoisotopic (exact) mass is 517 g/mol. The quantitative estimate of drug-likeness (QED) is 0.216. The predicted molar refractivity (Wildman–Crippen MR) is 168 cm³/mol. The van der Waals surface area contributed by atoms with Crippen molar-refractivity contribution in [2.75, 3.05) is 5.32 Å². The van der Waals surface area contributed by atoms with Crippen LogP contribution in [-0.2, 0) is 0 Å². The van der Waals surface area contributed by atoms with Gasteiger partial charge in [0.25, 0.3) is 0 Å². The van der Waals surface area contributed by atoms with Crippen molar-refractivity contribution in [1.29, 1.82) is 0 Å². The van der Waals surface area contributed by atoms with E-state index in [9.17, 15) is 0 Å². The number of benzene rings is 6. The Labute approximate surface area is 233 Å². The van der Waals surface area contributed by atoms with Crippen LogP contribution in [-0.4, -0.2) is 0 Å². The largest absolute Gasteiger partial charge is 0.356 e. The summed E-state index contributed by atoms with van der Waals surface area (Å²) in [6, 6.07) is 54.5. The van der Waals surface area contributed by atoms with Crippen LogP contribution < -0.4 is 5.32 Å². The van der Waals surface area contributed by atoms with Gasteiger partial charge in [-0.3, -0.25) is 0 Å². The van der Waals surface area contributed by atoms with Crippen LogP contribution in [0.4, 0.5) is 11.4 Å². The molecule has 6 aromatic carbocycles. The number of fused-ring (bicyclic) bond motifs is 3. The Hall–Kier alpha value is -4.66. The summed E-state index contributed by atoms with van der Waals surface area (Å²) in [6.07, 6.45) is 0. The van der Waals surface area contributed by atoms with Crippen molar-refractivity contribution in [2.45, 2.75) is 5.92 Å². The number of para-hydroxylation sites is 1. The van der Waals surface area contributed by atoms with Crippen LogP contribution >= 0.6 is 11.3 Å². The van der Waals surface area contributed by atoms with Crippen LogP contribution in [0.3, 0.4) is 0 Å². The first-order chi connectivity index (χ1) is 19.3. The zero-order chi connectivity index (χ0) is 26.0. The summed E-state index contributed by atoms with van der Waals surface area (Å²) < 4.78 is 2.66. The lowest BCUT2D eigenvalue weighted by Gasteiger charge is -2.19. The number of nitrogens with one attached hydrogen (secondary N) is 1. The first-order valence-electron chi connectivity index (χ1n) is 13.3. The van der Waals surface area contributed by atoms with Crippen LogP contribution in [0.5, 0.6) is 0 Å². The van der Waals surface area contributed by atoms with E-state index >= 15 is 0 Å². The van der Waals surface area contributed by atoms with Crippen molar-refractivity contribution >= 4 is 42.9 Å². The molecular weight excluding hydrogens is 490 g/mol. The van der Waals surface area contributed by atoms with Gasteiger partial charge in [-0.25, -0.2) is 0 Å². The number of thiophene rings is 1. The lowest BCUT2D eigenvalue weighted by molar-refractivity contribution is 0.981. The van der Waals surface area contributed by atoms with Gasteiger partial charge in [0.15, 0.2) is 0 Å². The van der Waals surface area contributed by atoms with Gasteiger partial charge in [-0.05, 0) is 70.3 Å². The van der Waals surface area contributed by atoms with Crippen molar-refractivity contribution in [2.24, 2.45) is 0 Å². The van der Waals surface area contributed by atoms with Gasteiger partial charge in [-0.15, -0.1) is 11.3 Å². The van der Waals surface area contributed by atoms with Crippen molar-refractivity contribution in [1.82, 2.24) is 0 Å². The lowest BCUT2D eigenvalue weighted by Crippen LogP contribution is -2.02. The third-order valence-corrected chi connectivity index (χ3v) is 8.51. The second kappa shape index (κ2) is 10.2. The Bertz CT molecular complexity index is 1820. The number of rotatable bonds is 6. The Morgan fingerprint density at radius 1 is 0.410 bits per heavy atom. The third-order valence-electron chi connectivity index (χ3n) is 7.38. The number of hydrogen-bond acceptors (Lipinski definition) is 2. The molecule has 0 saturated heterocycles. The van der Waals surface area contributed by atoms with Crippen molar-refractivity contribution < 1.29 is 0 Å². The van der Waals surface area contributed by atoms with Gasteiger partial charge in [-0.2, -0.15) is 0 Å². The Balaban J connectivity index is 1.24. The molecule has 7 rings (SSSR count). The highest BCUT2D eigenvalue weighted by Crippen LogP contribution is 2.40. The van der Waals surface area contributed by atoms with Gasteiger partial charge < -0.3 is 5.32 Å². The van der Waals surface area contributed by atoms with E-state index in [0.29, 0.717) is 0 Å². The van der Waals surface area contributed by atoms with Gasteiger partial charge in [-0.1, -0.05) is 109 Å². The molecule has 0 bridgehead atoms. The molecule has 39 heavy (non-hydrogen) atoms. The zero-order valence-electron chi connectivity index (χ0n) is 21.4. The SMILES string of the molecule is c1ccc(Nc2ccc(-c3ccc4sc5cc(C(c6ccccc6)c6ccccc6)ccc5c4c3)cc2)cc1. The second-order valence-corrected chi connectivity index (χ2v) is 11.0. The zero-order valence-corrected chi connectivity index (χ0v) is 22.2. The minimum Gasteiger partial charge on any atom is -0.356 e. The summed E-state index contributed by atoms with van der Waals surface area (Å²) in [7, 11) is 0. The molecule has 0 aliphatic rings. The summed E-state index contributed by atoms with van der Waals surface area (Å²) in [4.78, 5) is 0. The van der Waals surface area contributed by atoms with Crippen LogP contribution in [0.1, 0.15) is 22.6 Å². The molecule has 2 heteroatoms. The summed E-state index contributed by atoms with van der Waals surface area (Å²) in [5.41, 5.74) is 8.61. The third kappa shape index (κ3) is 4.71. The molecule has 0 atom stereocenters. The maximum atomic E-state index is 3.47. The van der Waals surface area contributed by atoms with Gasteiger partial charge in [0, 0.05) is 37.5 Å². The summed E-state index contributed by atoms with van der Waals surface area (Å²) in [5, 5.41) is 6.11. The van der Waals surface area contributed by atoms with Crippen molar-refractivity contribution in [3.05, 3.63) is 168 Å². The molecule has 0 unspecified atom stereocenters. The Morgan fingerprint density at radius 2 is 1.00 bits per heavy atom. The lowest BCUT2D eigenvalue weighted by atomic mass is 9.85. The van der Waals surface area contributed by atoms with Gasteiger partial charge in [0.05, 0.1) is 0 Å². The topological polar surface area (TPSA) is 12.0 Å². The molecule has 1 heterocycles. The molecule has 0 saturated carbocycles. The van der Waals surface area contributed by atoms with E-state index in [0.717, 1.165) is 11.4 Å². The van der Waals surface area contributed by atoms with E-state index in [-0.39, 0.29) is 5.92 Å². The molecule has 0 aliphatic heterocycles. The minimum absolute atomic E-state index is 0.209. The molecule has 1 N–H and O–H groups in total. The van der Waals surface area contributed by atoms with Crippen LogP contribution in [0.15, 0.2) is 152 Å². The fraction of sp³-hybridized carbons (Fsp3) is 0.0270. The smallest absolute Gasteiger partial charge is 0.0384 e. The predicted octanol–water partition coefficient (Wildman–Crippen LogP) is 10.6. The first kappa shape index (κ1) is 23.5. The molecular formula is C37H27NS. The van der Waals surface area contributed by atoms with Crippen molar-refractivity contribution in [3.63, 3.8) is 0 Å². The van der Waals surface area contributed by atoms with Crippen LogP contribution in [0, 0.1) is 0 Å².